The van der Waals surface area contributed by atoms with Crippen molar-refractivity contribution < 1.29 is 4.39 Å². The van der Waals surface area contributed by atoms with E-state index < -0.39 is 0 Å². The standard InChI is InChI=1S/C9H6BrFN2S/c10-7-5-6(1-2-8(7)11)13-4-3-12-9(13)14/h1-5H,(H,12,14). The average molecular weight is 273 g/mol. The maximum Gasteiger partial charge on any atom is 0.181 e. The highest BCUT2D eigenvalue weighted by Gasteiger charge is 2.02. The van der Waals surface area contributed by atoms with Gasteiger partial charge in [0, 0.05) is 18.1 Å². The maximum absolute atomic E-state index is 13.0. The highest BCUT2D eigenvalue weighted by molar-refractivity contribution is 9.10. The number of benzene rings is 1. The van der Waals surface area contributed by atoms with Crippen LogP contribution in [0.5, 0.6) is 0 Å². The molecule has 0 aliphatic rings. The number of hydrogen-bond acceptors (Lipinski definition) is 1. The van der Waals surface area contributed by atoms with Crippen LogP contribution < -0.4 is 0 Å². The molecule has 0 unspecified atom stereocenters. The third-order valence-electron chi connectivity index (χ3n) is 1.83. The lowest BCUT2D eigenvalue weighted by Gasteiger charge is -2.02. The predicted molar refractivity (Wildman–Crippen MR) is 58.6 cm³/mol. The molecule has 0 spiro atoms. The quantitative estimate of drug-likeness (QED) is 0.789. The van der Waals surface area contributed by atoms with Crippen molar-refractivity contribution in [1.29, 1.82) is 0 Å². The van der Waals surface area contributed by atoms with Crippen LogP contribution in [-0.2, 0) is 0 Å². The number of H-pyrrole nitrogens is 1. The molecule has 0 amide bonds. The summed E-state index contributed by atoms with van der Waals surface area (Å²) >= 11 is 8.17. The second-order valence-corrected chi connectivity index (χ2v) is 3.97. The number of halogens is 2. The number of aromatic nitrogens is 2. The number of imidazole rings is 1. The minimum atomic E-state index is -0.282. The first-order valence-electron chi connectivity index (χ1n) is 3.90. The molecule has 5 heteroatoms. The monoisotopic (exact) mass is 272 g/mol. The van der Waals surface area contributed by atoms with Gasteiger partial charge in [-0.2, -0.15) is 0 Å². The van der Waals surface area contributed by atoms with Crippen molar-refractivity contribution in [3.05, 3.63) is 45.7 Å². The molecule has 14 heavy (non-hydrogen) atoms. The highest BCUT2D eigenvalue weighted by Crippen LogP contribution is 2.19. The molecule has 0 saturated carbocycles. The summed E-state index contributed by atoms with van der Waals surface area (Å²) in [5, 5.41) is 0. The Balaban J connectivity index is 2.59. The molecule has 0 aliphatic carbocycles. The van der Waals surface area contributed by atoms with Gasteiger partial charge in [0.25, 0.3) is 0 Å². The van der Waals surface area contributed by atoms with Crippen LogP contribution in [0, 0.1) is 10.6 Å². The van der Waals surface area contributed by atoms with E-state index in [2.05, 4.69) is 20.9 Å². The third kappa shape index (κ3) is 1.65. The van der Waals surface area contributed by atoms with E-state index in [4.69, 9.17) is 12.2 Å². The molecular weight excluding hydrogens is 267 g/mol. The van der Waals surface area contributed by atoms with E-state index in [0.717, 1.165) is 5.69 Å². The molecule has 1 heterocycles. The Morgan fingerprint density at radius 3 is 2.79 bits per heavy atom. The van der Waals surface area contributed by atoms with Crippen molar-refractivity contribution in [2.75, 3.05) is 0 Å². The normalized spacial score (nSPS) is 10.4. The summed E-state index contributed by atoms with van der Waals surface area (Å²) in [5.41, 5.74) is 0.824. The van der Waals surface area contributed by atoms with Crippen LogP contribution in [0.1, 0.15) is 0 Å². The summed E-state index contributed by atoms with van der Waals surface area (Å²) in [6.07, 6.45) is 3.53. The molecule has 2 aromatic rings. The molecule has 0 bridgehead atoms. The first kappa shape index (κ1) is 9.61. The van der Waals surface area contributed by atoms with Gasteiger partial charge >= 0.3 is 0 Å². The van der Waals surface area contributed by atoms with Crippen molar-refractivity contribution in [3.8, 4) is 5.69 Å². The van der Waals surface area contributed by atoms with E-state index in [9.17, 15) is 4.39 Å². The molecule has 0 atom stereocenters. The molecule has 0 radical (unpaired) electrons. The molecule has 72 valence electrons. The van der Waals surface area contributed by atoms with Crippen molar-refractivity contribution >= 4 is 28.1 Å². The summed E-state index contributed by atoms with van der Waals surface area (Å²) in [4.78, 5) is 2.87. The Hall–Kier alpha value is -0.940. The van der Waals surface area contributed by atoms with Crippen molar-refractivity contribution in [1.82, 2.24) is 9.55 Å². The minimum absolute atomic E-state index is 0.282. The lowest BCUT2D eigenvalue weighted by Crippen LogP contribution is -1.92. The SMILES string of the molecule is Fc1ccc(-n2cc[nH]c2=S)cc1Br. The zero-order valence-electron chi connectivity index (χ0n) is 7.00. The van der Waals surface area contributed by atoms with Crippen LogP contribution in [-0.4, -0.2) is 9.55 Å². The fourth-order valence-corrected chi connectivity index (χ4v) is 1.76. The van der Waals surface area contributed by atoms with Gasteiger partial charge in [0.2, 0.25) is 0 Å². The molecule has 1 N–H and O–H groups in total. The van der Waals surface area contributed by atoms with E-state index in [1.165, 1.54) is 6.07 Å². The fraction of sp³-hybridized carbons (Fsp3) is 0. The Kier molecular flexibility index (Phi) is 2.52. The van der Waals surface area contributed by atoms with Gasteiger partial charge in [0.15, 0.2) is 4.77 Å². The van der Waals surface area contributed by atoms with Gasteiger partial charge in [-0.25, -0.2) is 4.39 Å². The van der Waals surface area contributed by atoms with Crippen LogP contribution in [0.2, 0.25) is 0 Å². The van der Waals surface area contributed by atoms with E-state index in [1.807, 2.05) is 0 Å². The maximum atomic E-state index is 13.0. The minimum Gasteiger partial charge on any atom is -0.337 e. The Morgan fingerprint density at radius 1 is 1.43 bits per heavy atom. The second kappa shape index (κ2) is 3.67. The summed E-state index contributed by atoms with van der Waals surface area (Å²) < 4.78 is 15.7. The first-order valence-corrected chi connectivity index (χ1v) is 5.10. The van der Waals surface area contributed by atoms with Crippen molar-refractivity contribution in [3.63, 3.8) is 0 Å². The van der Waals surface area contributed by atoms with E-state index in [0.29, 0.717) is 9.24 Å². The van der Waals surface area contributed by atoms with Crippen LogP contribution in [0.15, 0.2) is 35.1 Å². The molecule has 1 aromatic heterocycles. The van der Waals surface area contributed by atoms with Gasteiger partial charge in [-0.15, -0.1) is 0 Å². The molecule has 0 saturated heterocycles. The Bertz CT molecular complexity index is 518. The average Bonchev–Trinajstić information content (AvgIpc) is 2.57. The number of hydrogen-bond donors (Lipinski definition) is 1. The van der Waals surface area contributed by atoms with Crippen LogP contribution in [0.3, 0.4) is 0 Å². The van der Waals surface area contributed by atoms with E-state index in [1.54, 1.807) is 29.1 Å². The Morgan fingerprint density at radius 2 is 2.21 bits per heavy atom. The largest absolute Gasteiger partial charge is 0.337 e. The van der Waals surface area contributed by atoms with E-state index >= 15 is 0 Å². The van der Waals surface area contributed by atoms with Gasteiger partial charge in [0.05, 0.1) is 4.47 Å². The number of rotatable bonds is 1. The third-order valence-corrected chi connectivity index (χ3v) is 2.75. The molecule has 0 aliphatic heterocycles. The van der Waals surface area contributed by atoms with Gasteiger partial charge in [-0.3, -0.25) is 4.57 Å². The molecular formula is C9H6BrFN2S. The van der Waals surface area contributed by atoms with Gasteiger partial charge in [0.1, 0.15) is 5.82 Å². The number of nitrogens with one attached hydrogen (secondary N) is 1. The van der Waals surface area contributed by atoms with Crippen molar-refractivity contribution in [2.24, 2.45) is 0 Å². The second-order valence-electron chi connectivity index (χ2n) is 2.73. The molecule has 2 rings (SSSR count). The van der Waals surface area contributed by atoms with Crippen LogP contribution in [0.4, 0.5) is 4.39 Å². The smallest absolute Gasteiger partial charge is 0.181 e. The van der Waals surface area contributed by atoms with Gasteiger partial charge < -0.3 is 4.98 Å². The summed E-state index contributed by atoms with van der Waals surface area (Å²) in [5.74, 6) is -0.282. The zero-order valence-corrected chi connectivity index (χ0v) is 9.40. The highest BCUT2D eigenvalue weighted by atomic mass is 79.9. The van der Waals surface area contributed by atoms with Crippen LogP contribution in [0.25, 0.3) is 5.69 Å². The summed E-state index contributed by atoms with van der Waals surface area (Å²) in [6, 6.07) is 4.75. The topological polar surface area (TPSA) is 20.7 Å². The van der Waals surface area contributed by atoms with Gasteiger partial charge in [-0.05, 0) is 46.3 Å². The van der Waals surface area contributed by atoms with Crippen LogP contribution >= 0.6 is 28.1 Å². The molecule has 0 fully saturated rings. The fourth-order valence-electron chi connectivity index (χ4n) is 1.16. The lowest BCUT2D eigenvalue weighted by molar-refractivity contribution is 0.620. The molecule has 2 nitrogen and oxygen atoms in total. The number of aromatic amines is 1. The zero-order chi connectivity index (χ0) is 10.1. The van der Waals surface area contributed by atoms with E-state index in [-0.39, 0.29) is 5.82 Å². The van der Waals surface area contributed by atoms with Gasteiger partial charge in [-0.1, -0.05) is 0 Å². The predicted octanol–water partition coefficient (Wildman–Crippen LogP) is 3.44. The summed E-state index contributed by atoms with van der Waals surface area (Å²) in [7, 11) is 0. The molecule has 1 aromatic carbocycles. The lowest BCUT2D eigenvalue weighted by atomic mass is 10.3. The number of nitrogens with zero attached hydrogens (tertiary/aromatic N) is 1. The summed E-state index contributed by atoms with van der Waals surface area (Å²) in [6.45, 7) is 0. The van der Waals surface area contributed by atoms with Crippen molar-refractivity contribution in [2.45, 2.75) is 0 Å². The Labute approximate surface area is 93.5 Å². The first-order chi connectivity index (χ1) is 6.68.